The minimum absolute atomic E-state index is 0.0930. The van der Waals surface area contributed by atoms with Crippen molar-refractivity contribution in [2.45, 2.75) is 19.8 Å². The second-order valence-corrected chi connectivity index (χ2v) is 3.46. The van der Waals surface area contributed by atoms with Crippen LogP contribution in [0, 0.1) is 5.82 Å². The van der Waals surface area contributed by atoms with Gasteiger partial charge in [0.2, 0.25) is 0 Å². The molecule has 6 heteroatoms. The van der Waals surface area contributed by atoms with Crippen LogP contribution in [0.2, 0.25) is 0 Å². The van der Waals surface area contributed by atoms with E-state index in [0.717, 1.165) is 18.7 Å². The molecule has 0 aliphatic rings. The van der Waals surface area contributed by atoms with E-state index in [2.05, 4.69) is 15.5 Å². The van der Waals surface area contributed by atoms with E-state index in [1.54, 1.807) is 10.7 Å². The fourth-order valence-electron chi connectivity index (χ4n) is 1.45. The van der Waals surface area contributed by atoms with E-state index >= 15 is 0 Å². The van der Waals surface area contributed by atoms with Gasteiger partial charge < -0.3 is 5.73 Å². The smallest absolute Gasteiger partial charge is 0.156 e. The Balaban J connectivity index is 2.42. The molecule has 0 amide bonds. The highest BCUT2D eigenvalue weighted by Gasteiger charge is 2.08. The maximum Gasteiger partial charge on any atom is 0.156 e. The van der Waals surface area contributed by atoms with Crippen LogP contribution in [0.3, 0.4) is 0 Å². The summed E-state index contributed by atoms with van der Waals surface area (Å²) in [4.78, 5) is 0. The predicted octanol–water partition coefficient (Wildman–Crippen LogP) is 1.34. The fourth-order valence-corrected chi connectivity index (χ4v) is 1.45. The Morgan fingerprint density at radius 3 is 2.94 bits per heavy atom. The first-order valence-electron chi connectivity index (χ1n) is 5.05. The van der Waals surface area contributed by atoms with Crippen molar-refractivity contribution in [3.63, 3.8) is 0 Å². The first-order valence-corrected chi connectivity index (χ1v) is 5.05. The Morgan fingerprint density at radius 1 is 1.44 bits per heavy atom. The second kappa shape index (κ2) is 4.26. The molecule has 16 heavy (non-hydrogen) atoms. The zero-order valence-corrected chi connectivity index (χ0v) is 8.89. The van der Waals surface area contributed by atoms with E-state index in [0.29, 0.717) is 5.69 Å². The van der Waals surface area contributed by atoms with E-state index in [1.165, 1.54) is 12.1 Å². The monoisotopic (exact) mass is 221 g/mol. The minimum atomic E-state index is -0.436. The summed E-state index contributed by atoms with van der Waals surface area (Å²) in [5, 5.41) is 11.4. The van der Waals surface area contributed by atoms with Gasteiger partial charge in [0.25, 0.3) is 0 Å². The van der Waals surface area contributed by atoms with Gasteiger partial charge in [0.15, 0.2) is 5.82 Å². The molecule has 1 aromatic heterocycles. The summed E-state index contributed by atoms with van der Waals surface area (Å²) in [5.41, 5.74) is 6.26. The number of nitrogens with zero attached hydrogens (tertiary/aromatic N) is 4. The predicted molar refractivity (Wildman–Crippen MR) is 57.5 cm³/mol. The van der Waals surface area contributed by atoms with Crippen molar-refractivity contribution < 1.29 is 4.39 Å². The summed E-state index contributed by atoms with van der Waals surface area (Å²) in [6.07, 6.45) is 1.71. The van der Waals surface area contributed by atoms with E-state index in [4.69, 9.17) is 5.73 Å². The molecule has 1 aromatic carbocycles. The number of anilines is 1. The van der Waals surface area contributed by atoms with Gasteiger partial charge in [-0.15, -0.1) is 5.10 Å². The van der Waals surface area contributed by atoms with Gasteiger partial charge >= 0.3 is 0 Å². The third kappa shape index (κ3) is 1.86. The van der Waals surface area contributed by atoms with Crippen LogP contribution in [0.5, 0.6) is 0 Å². The van der Waals surface area contributed by atoms with Gasteiger partial charge in [0, 0.05) is 6.42 Å². The molecule has 84 valence electrons. The molecular formula is C10H12FN5. The minimum Gasteiger partial charge on any atom is -0.396 e. The van der Waals surface area contributed by atoms with Crippen molar-refractivity contribution in [3.8, 4) is 5.69 Å². The number of rotatable bonds is 3. The first-order chi connectivity index (χ1) is 7.72. The van der Waals surface area contributed by atoms with Crippen molar-refractivity contribution >= 4 is 5.69 Å². The number of hydrogen-bond acceptors (Lipinski definition) is 4. The molecular weight excluding hydrogens is 209 g/mol. The quantitative estimate of drug-likeness (QED) is 0.794. The van der Waals surface area contributed by atoms with Crippen molar-refractivity contribution in [1.82, 2.24) is 20.2 Å². The lowest BCUT2D eigenvalue weighted by molar-refractivity contribution is 0.631. The number of nitrogens with two attached hydrogens (primary N) is 1. The largest absolute Gasteiger partial charge is 0.396 e. The van der Waals surface area contributed by atoms with Gasteiger partial charge in [-0.05, 0) is 35.0 Å². The van der Waals surface area contributed by atoms with Crippen LogP contribution in [0.1, 0.15) is 19.2 Å². The van der Waals surface area contributed by atoms with Crippen LogP contribution < -0.4 is 5.73 Å². The lowest BCUT2D eigenvalue weighted by atomic mass is 10.2. The molecule has 0 spiro atoms. The average Bonchev–Trinajstić information content (AvgIpc) is 2.71. The molecule has 0 fully saturated rings. The Bertz CT molecular complexity index is 494. The highest BCUT2D eigenvalue weighted by molar-refractivity contribution is 5.48. The molecule has 2 aromatic rings. The highest BCUT2D eigenvalue weighted by atomic mass is 19.1. The Hall–Kier alpha value is -1.98. The first kappa shape index (κ1) is 10.5. The van der Waals surface area contributed by atoms with E-state index < -0.39 is 5.82 Å². The summed E-state index contributed by atoms with van der Waals surface area (Å²) in [6, 6.07) is 4.42. The molecule has 0 atom stereocenters. The molecule has 5 nitrogen and oxygen atoms in total. The van der Waals surface area contributed by atoms with Gasteiger partial charge in [-0.25, -0.2) is 4.39 Å². The van der Waals surface area contributed by atoms with Gasteiger partial charge in [-0.1, -0.05) is 6.92 Å². The van der Waals surface area contributed by atoms with Crippen LogP contribution in [0.15, 0.2) is 18.2 Å². The normalized spacial score (nSPS) is 10.6. The lowest BCUT2D eigenvalue weighted by Gasteiger charge is -2.04. The van der Waals surface area contributed by atoms with E-state index in [1.807, 2.05) is 6.92 Å². The number of aryl methyl sites for hydroxylation is 1. The van der Waals surface area contributed by atoms with Crippen molar-refractivity contribution in [2.75, 3.05) is 5.73 Å². The Labute approximate surface area is 92.1 Å². The van der Waals surface area contributed by atoms with E-state index in [-0.39, 0.29) is 5.69 Å². The molecule has 0 saturated carbocycles. The van der Waals surface area contributed by atoms with Crippen LogP contribution in [-0.2, 0) is 6.42 Å². The van der Waals surface area contributed by atoms with Crippen LogP contribution in [-0.4, -0.2) is 20.2 Å². The molecule has 2 rings (SSSR count). The average molecular weight is 221 g/mol. The number of aromatic nitrogens is 4. The topological polar surface area (TPSA) is 69.6 Å². The number of benzene rings is 1. The van der Waals surface area contributed by atoms with Crippen LogP contribution in [0.4, 0.5) is 10.1 Å². The number of halogens is 1. The molecule has 0 aliphatic carbocycles. The summed E-state index contributed by atoms with van der Waals surface area (Å²) >= 11 is 0. The van der Waals surface area contributed by atoms with Crippen LogP contribution in [0.25, 0.3) is 5.69 Å². The van der Waals surface area contributed by atoms with Gasteiger partial charge in [0.1, 0.15) is 5.82 Å². The Kier molecular flexibility index (Phi) is 2.80. The van der Waals surface area contributed by atoms with E-state index in [9.17, 15) is 4.39 Å². The maximum atomic E-state index is 13.0. The number of tetrazole rings is 1. The number of hydrogen-bond donors (Lipinski definition) is 1. The van der Waals surface area contributed by atoms with Gasteiger partial charge in [-0.2, -0.15) is 4.68 Å². The van der Waals surface area contributed by atoms with Crippen LogP contribution >= 0.6 is 0 Å². The molecule has 0 bridgehead atoms. The van der Waals surface area contributed by atoms with Crippen molar-refractivity contribution in [3.05, 3.63) is 29.8 Å². The molecule has 0 saturated heterocycles. The Morgan fingerprint density at radius 2 is 2.25 bits per heavy atom. The molecule has 0 radical (unpaired) electrons. The number of nitrogen functional groups attached to an aromatic ring is 1. The molecule has 0 aliphatic heterocycles. The standard InChI is InChI=1S/C10H12FN5/c1-2-3-10-13-14-15-16(10)7-4-5-8(11)9(12)6-7/h4-6H,2-3,12H2,1H3. The van der Waals surface area contributed by atoms with Crippen molar-refractivity contribution in [2.24, 2.45) is 0 Å². The fraction of sp³-hybridized carbons (Fsp3) is 0.300. The highest BCUT2D eigenvalue weighted by Crippen LogP contribution is 2.16. The summed E-state index contributed by atoms with van der Waals surface area (Å²) < 4.78 is 14.6. The van der Waals surface area contributed by atoms with Gasteiger partial charge in [0.05, 0.1) is 11.4 Å². The van der Waals surface area contributed by atoms with Crippen molar-refractivity contribution in [1.29, 1.82) is 0 Å². The lowest BCUT2D eigenvalue weighted by Crippen LogP contribution is -2.04. The third-order valence-corrected chi connectivity index (χ3v) is 2.23. The molecule has 2 N–H and O–H groups in total. The zero-order chi connectivity index (χ0) is 11.5. The molecule has 1 heterocycles. The second-order valence-electron chi connectivity index (χ2n) is 3.46. The third-order valence-electron chi connectivity index (χ3n) is 2.23. The van der Waals surface area contributed by atoms with Gasteiger partial charge in [-0.3, -0.25) is 0 Å². The summed E-state index contributed by atoms with van der Waals surface area (Å²) in [5.74, 6) is 0.308. The maximum absolute atomic E-state index is 13.0. The summed E-state index contributed by atoms with van der Waals surface area (Å²) in [6.45, 7) is 2.04. The summed E-state index contributed by atoms with van der Waals surface area (Å²) in [7, 11) is 0. The zero-order valence-electron chi connectivity index (χ0n) is 8.89. The molecule has 0 unspecified atom stereocenters. The SMILES string of the molecule is CCCc1nnnn1-c1ccc(F)c(N)c1.